The van der Waals surface area contributed by atoms with Crippen molar-refractivity contribution in [3.63, 3.8) is 0 Å². The van der Waals surface area contributed by atoms with E-state index in [4.69, 9.17) is 21.4 Å². The quantitative estimate of drug-likeness (QED) is 0.927. The zero-order chi connectivity index (χ0) is 13.1. The predicted octanol–water partition coefficient (Wildman–Crippen LogP) is 2.76. The van der Waals surface area contributed by atoms with Crippen LogP contribution in [-0.4, -0.2) is 21.3 Å². The molecule has 0 amide bonds. The molecule has 1 aromatic heterocycles. The molecule has 0 bridgehead atoms. The van der Waals surface area contributed by atoms with Gasteiger partial charge in [-0.3, -0.25) is 0 Å². The summed E-state index contributed by atoms with van der Waals surface area (Å²) >= 11 is 5.75. The largest absolute Gasteiger partial charge is 0.477 e. The summed E-state index contributed by atoms with van der Waals surface area (Å²) in [5.41, 5.74) is -0.162. The highest BCUT2D eigenvalue weighted by molar-refractivity contribution is 6.32. The number of hydrogen-bond acceptors (Lipinski definition) is 4. The maximum atomic E-state index is 12.8. The lowest BCUT2D eigenvalue weighted by molar-refractivity contribution is 0.0693. The molecule has 0 aliphatic rings. The van der Waals surface area contributed by atoms with Crippen LogP contribution in [0.3, 0.4) is 0 Å². The number of halogens is 2. The number of aromatic nitrogens is 2. The van der Waals surface area contributed by atoms with Gasteiger partial charge in [0.1, 0.15) is 17.1 Å². The van der Waals surface area contributed by atoms with Crippen LogP contribution in [-0.2, 0) is 0 Å². The zero-order valence-corrected chi connectivity index (χ0v) is 9.56. The first-order valence-electron chi connectivity index (χ1n) is 4.76. The van der Waals surface area contributed by atoms with Crippen LogP contribution in [0.2, 0.25) is 5.02 Å². The number of hydrogen-bond donors (Lipinski definition) is 1. The molecule has 0 saturated heterocycles. The van der Waals surface area contributed by atoms with E-state index in [9.17, 15) is 9.18 Å². The standard InChI is InChI=1S/C11H6ClFN2O3/c12-8-5-6(13)1-2-9(8)18-10-7(11(16)17)3-4-14-15-10/h1-5H,(H,16,17). The van der Waals surface area contributed by atoms with E-state index < -0.39 is 11.8 Å². The number of ether oxygens (including phenoxy) is 1. The second-order valence-electron chi connectivity index (χ2n) is 3.23. The first-order chi connectivity index (χ1) is 8.58. The van der Waals surface area contributed by atoms with Gasteiger partial charge in [0.2, 0.25) is 0 Å². The lowest BCUT2D eigenvalue weighted by Crippen LogP contribution is -2.03. The molecule has 1 heterocycles. The molecule has 92 valence electrons. The van der Waals surface area contributed by atoms with Crippen molar-refractivity contribution in [2.45, 2.75) is 0 Å². The molecule has 7 heteroatoms. The van der Waals surface area contributed by atoms with Crippen LogP contribution in [0.5, 0.6) is 11.6 Å². The minimum Gasteiger partial charge on any atom is -0.477 e. The van der Waals surface area contributed by atoms with E-state index in [1.165, 1.54) is 18.3 Å². The molecule has 0 saturated carbocycles. The fourth-order valence-corrected chi connectivity index (χ4v) is 1.42. The van der Waals surface area contributed by atoms with Crippen LogP contribution in [0.25, 0.3) is 0 Å². The van der Waals surface area contributed by atoms with E-state index >= 15 is 0 Å². The number of rotatable bonds is 3. The second kappa shape index (κ2) is 4.97. The number of benzene rings is 1. The van der Waals surface area contributed by atoms with Crippen LogP contribution in [0.1, 0.15) is 10.4 Å². The van der Waals surface area contributed by atoms with Gasteiger partial charge in [0.25, 0.3) is 5.88 Å². The summed E-state index contributed by atoms with van der Waals surface area (Å²) in [6.45, 7) is 0. The summed E-state index contributed by atoms with van der Waals surface area (Å²) in [4.78, 5) is 10.9. The van der Waals surface area contributed by atoms with Crippen LogP contribution in [0.4, 0.5) is 4.39 Å². The molecule has 0 aliphatic heterocycles. The van der Waals surface area contributed by atoms with Crippen LogP contribution >= 0.6 is 11.6 Å². The van der Waals surface area contributed by atoms with Gasteiger partial charge in [0.05, 0.1) is 11.2 Å². The molecule has 0 unspecified atom stereocenters. The predicted molar refractivity (Wildman–Crippen MR) is 60.5 cm³/mol. The average Bonchev–Trinajstić information content (AvgIpc) is 2.33. The van der Waals surface area contributed by atoms with Crippen molar-refractivity contribution in [2.24, 2.45) is 0 Å². The third-order valence-electron chi connectivity index (χ3n) is 2.02. The Kier molecular flexibility index (Phi) is 3.38. The highest BCUT2D eigenvalue weighted by Gasteiger charge is 2.15. The molecule has 2 aromatic rings. The van der Waals surface area contributed by atoms with Crippen molar-refractivity contribution in [3.05, 3.63) is 46.9 Å². The van der Waals surface area contributed by atoms with Crippen LogP contribution in [0.15, 0.2) is 30.5 Å². The van der Waals surface area contributed by atoms with Gasteiger partial charge in [0.15, 0.2) is 0 Å². The summed E-state index contributed by atoms with van der Waals surface area (Å²) in [6.07, 6.45) is 1.22. The molecule has 0 radical (unpaired) electrons. The number of carbonyl (C=O) groups is 1. The van der Waals surface area contributed by atoms with Gasteiger partial charge in [-0.15, -0.1) is 5.10 Å². The molecule has 1 N–H and O–H groups in total. The first kappa shape index (κ1) is 12.3. The molecular formula is C11H6ClFN2O3. The van der Waals surface area contributed by atoms with E-state index in [-0.39, 0.29) is 22.2 Å². The highest BCUT2D eigenvalue weighted by Crippen LogP contribution is 2.30. The smallest absolute Gasteiger partial charge is 0.341 e. The van der Waals surface area contributed by atoms with Gasteiger partial charge >= 0.3 is 5.97 Å². The maximum Gasteiger partial charge on any atom is 0.341 e. The number of aromatic carboxylic acids is 1. The van der Waals surface area contributed by atoms with Crippen molar-refractivity contribution in [1.82, 2.24) is 10.2 Å². The summed E-state index contributed by atoms with van der Waals surface area (Å²) in [7, 11) is 0. The Balaban J connectivity index is 2.37. The van der Waals surface area contributed by atoms with Crippen molar-refractivity contribution < 1.29 is 19.0 Å². The van der Waals surface area contributed by atoms with Gasteiger partial charge in [-0.05, 0) is 24.3 Å². The number of carboxylic acids is 1. The van der Waals surface area contributed by atoms with E-state index in [1.54, 1.807) is 0 Å². The zero-order valence-electron chi connectivity index (χ0n) is 8.80. The summed E-state index contributed by atoms with van der Waals surface area (Å²) in [6, 6.07) is 4.70. The second-order valence-corrected chi connectivity index (χ2v) is 3.64. The molecule has 0 aliphatic carbocycles. The van der Waals surface area contributed by atoms with Gasteiger partial charge in [-0.2, -0.15) is 5.10 Å². The van der Waals surface area contributed by atoms with E-state index in [0.29, 0.717) is 0 Å². The molecule has 0 spiro atoms. The fourth-order valence-electron chi connectivity index (χ4n) is 1.22. The summed E-state index contributed by atoms with van der Waals surface area (Å²) in [5.74, 6) is -1.84. The Morgan fingerprint density at radius 1 is 1.39 bits per heavy atom. The monoisotopic (exact) mass is 268 g/mol. The lowest BCUT2D eigenvalue weighted by Gasteiger charge is -2.07. The van der Waals surface area contributed by atoms with Crippen LogP contribution < -0.4 is 4.74 Å². The van der Waals surface area contributed by atoms with E-state index in [1.807, 2.05) is 0 Å². The van der Waals surface area contributed by atoms with Crippen molar-refractivity contribution in [1.29, 1.82) is 0 Å². The third kappa shape index (κ3) is 2.54. The lowest BCUT2D eigenvalue weighted by atomic mass is 10.3. The summed E-state index contributed by atoms with van der Waals surface area (Å²) in [5, 5.41) is 16.0. The van der Waals surface area contributed by atoms with Gasteiger partial charge in [-0.25, -0.2) is 9.18 Å². The topological polar surface area (TPSA) is 72.3 Å². The maximum absolute atomic E-state index is 12.8. The van der Waals surface area contributed by atoms with E-state index in [0.717, 1.165) is 12.1 Å². The van der Waals surface area contributed by atoms with Crippen molar-refractivity contribution in [3.8, 4) is 11.6 Å². The van der Waals surface area contributed by atoms with E-state index in [2.05, 4.69) is 10.2 Å². The summed E-state index contributed by atoms with van der Waals surface area (Å²) < 4.78 is 18.0. The average molecular weight is 269 g/mol. The van der Waals surface area contributed by atoms with Gasteiger partial charge in [-0.1, -0.05) is 11.6 Å². The third-order valence-corrected chi connectivity index (χ3v) is 2.31. The van der Waals surface area contributed by atoms with Gasteiger partial charge in [0, 0.05) is 0 Å². The number of carboxylic acid groups (broad SMARTS) is 1. The van der Waals surface area contributed by atoms with Crippen molar-refractivity contribution in [2.75, 3.05) is 0 Å². The SMILES string of the molecule is O=C(O)c1ccnnc1Oc1ccc(F)cc1Cl. The minimum atomic E-state index is -1.21. The van der Waals surface area contributed by atoms with Crippen LogP contribution in [0, 0.1) is 5.82 Å². The Morgan fingerprint density at radius 3 is 2.83 bits per heavy atom. The molecule has 2 rings (SSSR count). The molecular weight excluding hydrogens is 263 g/mol. The fraction of sp³-hybridized carbons (Fsp3) is 0. The molecule has 5 nitrogen and oxygen atoms in total. The van der Waals surface area contributed by atoms with Crippen molar-refractivity contribution >= 4 is 17.6 Å². The Bertz CT molecular complexity index is 607. The minimum absolute atomic E-state index is 0.0111. The number of nitrogens with zero attached hydrogens (tertiary/aromatic N) is 2. The first-order valence-corrected chi connectivity index (χ1v) is 5.13. The molecule has 0 fully saturated rings. The van der Waals surface area contributed by atoms with Gasteiger partial charge < -0.3 is 9.84 Å². The Hall–Kier alpha value is -2.21. The Labute approximate surface area is 106 Å². The molecule has 1 aromatic carbocycles. The molecule has 18 heavy (non-hydrogen) atoms. The highest BCUT2D eigenvalue weighted by atomic mass is 35.5. The normalized spacial score (nSPS) is 10.1. The molecule has 0 atom stereocenters. The Morgan fingerprint density at radius 2 is 2.17 bits per heavy atom.